The summed E-state index contributed by atoms with van der Waals surface area (Å²) in [7, 11) is 0. The van der Waals surface area contributed by atoms with Crippen LogP contribution in [0.5, 0.6) is 0 Å². The van der Waals surface area contributed by atoms with Crippen molar-refractivity contribution < 1.29 is 19.4 Å². The van der Waals surface area contributed by atoms with Gasteiger partial charge in [-0.3, -0.25) is 9.59 Å². The second-order valence-corrected chi connectivity index (χ2v) is 5.57. The van der Waals surface area contributed by atoms with Crippen molar-refractivity contribution in [3.8, 4) is 0 Å². The van der Waals surface area contributed by atoms with E-state index < -0.39 is 17.4 Å². The van der Waals surface area contributed by atoms with E-state index >= 15 is 0 Å². The summed E-state index contributed by atoms with van der Waals surface area (Å²) in [6.45, 7) is 2.00. The largest absolute Gasteiger partial charge is 0.481 e. The molecular weight excluding hydrogens is 236 g/mol. The number of amides is 1. The lowest BCUT2D eigenvalue weighted by atomic mass is 9.85. The Labute approximate surface area is 106 Å². The molecule has 0 aromatic heterocycles. The van der Waals surface area contributed by atoms with Crippen LogP contribution in [0.15, 0.2) is 0 Å². The standard InChI is InChI=1S/C12H20N2O4/c1-12(11(16)17)6-18-5-9(12)14-10(15)7-2-3-8(13)4-7/h7-9H,2-6,13H2,1H3,(H,14,15)(H,16,17). The van der Waals surface area contributed by atoms with Crippen LogP contribution in [0.25, 0.3) is 0 Å². The maximum absolute atomic E-state index is 12.0. The van der Waals surface area contributed by atoms with Gasteiger partial charge in [0.25, 0.3) is 0 Å². The minimum atomic E-state index is -1.03. The topological polar surface area (TPSA) is 102 Å². The molecule has 2 rings (SSSR count). The minimum absolute atomic E-state index is 0.0846. The minimum Gasteiger partial charge on any atom is -0.481 e. The molecule has 0 aromatic carbocycles. The second-order valence-electron chi connectivity index (χ2n) is 5.57. The molecule has 1 aliphatic heterocycles. The molecule has 6 nitrogen and oxygen atoms in total. The van der Waals surface area contributed by atoms with Gasteiger partial charge >= 0.3 is 5.97 Å². The molecule has 1 amide bonds. The fraction of sp³-hybridized carbons (Fsp3) is 0.833. The highest BCUT2D eigenvalue weighted by Crippen LogP contribution is 2.30. The number of nitrogens with two attached hydrogens (primary N) is 1. The molecule has 0 radical (unpaired) electrons. The van der Waals surface area contributed by atoms with E-state index in [4.69, 9.17) is 10.5 Å². The Balaban J connectivity index is 1.96. The van der Waals surface area contributed by atoms with Gasteiger partial charge < -0.3 is 20.9 Å². The van der Waals surface area contributed by atoms with E-state index in [2.05, 4.69) is 5.32 Å². The highest BCUT2D eigenvalue weighted by molar-refractivity contribution is 5.82. The lowest BCUT2D eigenvalue weighted by Crippen LogP contribution is -2.51. The van der Waals surface area contributed by atoms with Gasteiger partial charge in [0.1, 0.15) is 5.41 Å². The summed E-state index contributed by atoms with van der Waals surface area (Å²) in [6, 6.07) is -0.370. The quantitative estimate of drug-likeness (QED) is 0.644. The number of hydrogen-bond donors (Lipinski definition) is 3. The average Bonchev–Trinajstić information content (AvgIpc) is 2.87. The summed E-state index contributed by atoms with van der Waals surface area (Å²) in [5.41, 5.74) is 4.74. The summed E-state index contributed by atoms with van der Waals surface area (Å²) in [6.07, 6.45) is 2.32. The average molecular weight is 256 g/mol. The Hall–Kier alpha value is -1.14. The molecular formula is C12H20N2O4. The molecule has 4 unspecified atom stereocenters. The Morgan fingerprint density at radius 1 is 1.44 bits per heavy atom. The number of carboxylic acids is 1. The van der Waals surface area contributed by atoms with Gasteiger partial charge in [0, 0.05) is 12.0 Å². The van der Waals surface area contributed by atoms with Crippen LogP contribution in [0, 0.1) is 11.3 Å². The van der Waals surface area contributed by atoms with Gasteiger partial charge in [0.05, 0.1) is 19.3 Å². The van der Waals surface area contributed by atoms with Crippen molar-refractivity contribution in [3.63, 3.8) is 0 Å². The molecule has 18 heavy (non-hydrogen) atoms. The summed E-state index contributed by atoms with van der Waals surface area (Å²) >= 11 is 0. The number of hydrogen-bond acceptors (Lipinski definition) is 4. The highest BCUT2D eigenvalue weighted by atomic mass is 16.5. The van der Waals surface area contributed by atoms with Crippen molar-refractivity contribution in [2.24, 2.45) is 17.1 Å². The Kier molecular flexibility index (Phi) is 3.59. The first-order valence-corrected chi connectivity index (χ1v) is 6.30. The Morgan fingerprint density at radius 2 is 2.17 bits per heavy atom. The monoisotopic (exact) mass is 256 g/mol. The van der Waals surface area contributed by atoms with Crippen LogP contribution < -0.4 is 11.1 Å². The number of carboxylic acid groups (broad SMARTS) is 1. The Morgan fingerprint density at radius 3 is 2.72 bits per heavy atom. The number of nitrogens with one attached hydrogen (secondary N) is 1. The van der Waals surface area contributed by atoms with E-state index in [1.807, 2.05) is 0 Å². The third-order valence-corrected chi connectivity index (χ3v) is 4.10. The van der Waals surface area contributed by atoms with Crippen LogP contribution in [0.3, 0.4) is 0 Å². The molecule has 0 aromatic rings. The first-order chi connectivity index (χ1) is 8.43. The maximum Gasteiger partial charge on any atom is 0.313 e. The predicted octanol–water partition coefficient (Wildman–Crippen LogP) is -0.280. The number of aliphatic carboxylic acids is 1. The van der Waals surface area contributed by atoms with Crippen LogP contribution in [-0.2, 0) is 14.3 Å². The van der Waals surface area contributed by atoms with E-state index in [1.54, 1.807) is 6.92 Å². The number of ether oxygens (including phenoxy) is 1. The number of rotatable bonds is 3. The lowest BCUT2D eigenvalue weighted by molar-refractivity contribution is -0.149. The van der Waals surface area contributed by atoms with Crippen LogP contribution in [-0.4, -0.2) is 42.3 Å². The van der Waals surface area contributed by atoms with Crippen LogP contribution >= 0.6 is 0 Å². The molecule has 0 bridgehead atoms. The SMILES string of the molecule is CC1(C(=O)O)COCC1NC(=O)C1CCC(N)C1. The van der Waals surface area contributed by atoms with Crippen molar-refractivity contribution in [3.05, 3.63) is 0 Å². The van der Waals surface area contributed by atoms with Gasteiger partial charge in [-0.1, -0.05) is 0 Å². The fourth-order valence-electron chi connectivity index (χ4n) is 2.63. The zero-order chi connectivity index (χ0) is 13.3. The van der Waals surface area contributed by atoms with Crippen LogP contribution in [0.2, 0.25) is 0 Å². The van der Waals surface area contributed by atoms with Crippen LogP contribution in [0.1, 0.15) is 26.2 Å². The van der Waals surface area contributed by atoms with Crippen LogP contribution in [0.4, 0.5) is 0 Å². The van der Waals surface area contributed by atoms with Crippen molar-refractivity contribution in [1.29, 1.82) is 0 Å². The van der Waals surface area contributed by atoms with Crippen molar-refractivity contribution in [1.82, 2.24) is 5.32 Å². The molecule has 1 saturated heterocycles. The third kappa shape index (κ3) is 2.35. The smallest absolute Gasteiger partial charge is 0.313 e. The number of carbonyl (C=O) groups is 2. The highest BCUT2D eigenvalue weighted by Gasteiger charge is 2.48. The van der Waals surface area contributed by atoms with E-state index in [-0.39, 0.29) is 31.1 Å². The van der Waals surface area contributed by atoms with Gasteiger partial charge in [-0.25, -0.2) is 0 Å². The summed E-state index contributed by atoms with van der Waals surface area (Å²) in [5.74, 6) is -1.11. The lowest BCUT2D eigenvalue weighted by Gasteiger charge is -2.26. The predicted molar refractivity (Wildman–Crippen MR) is 63.8 cm³/mol. The first kappa shape index (κ1) is 13.3. The van der Waals surface area contributed by atoms with E-state index in [0.717, 1.165) is 12.8 Å². The van der Waals surface area contributed by atoms with Gasteiger partial charge in [-0.2, -0.15) is 0 Å². The first-order valence-electron chi connectivity index (χ1n) is 6.30. The number of carbonyl (C=O) groups excluding carboxylic acids is 1. The normalized spacial score (nSPS) is 39.8. The molecule has 1 aliphatic carbocycles. The summed E-state index contributed by atoms with van der Waals surface area (Å²) < 4.78 is 5.20. The summed E-state index contributed by atoms with van der Waals surface area (Å²) in [4.78, 5) is 23.3. The Bertz CT molecular complexity index is 360. The van der Waals surface area contributed by atoms with Crippen molar-refractivity contribution >= 4 is 11.9 Å². The maximum atomic E-state index is 12.0. The molecule has 0 spiro atoms. The molecule has 102 valence electrons. The van der Waals surface area contributed by atoms with E-state index in [9.17, 15) is 14.7 Å². The van der Waals surface area contributed by atoms with E-state index in [1.165, 1.54) is 0 Å². The van der Waals surface area contributed by atoms with Gasteiger partial charge in [0.2, 0.25) is 5.91 Å². The zero-order valence-electron chi connectivity index (χ0n) is 10.5. The third-order valence-electron chi connectivity index (χ3n) is 4.10. The van der Waals surface area contributed by atoms with Crippen molar-refractivity contribution in [2.45, 2.75) is 38.3 Å². The van der Waals surface area contributed by atoms with Crippen molar-refractivity contribution in [2.75, 3.05) is 13.2 Å². The summed E-state index contributed by atoms with van der Waals surface area (Å²) in [5, 5.41) is 12.0. The molecule has 1 heterocycles. The van der Waals surface area contributed by atoms with Gasteiger partial charge in [0.15, 0.2) is 0 Å². The molecule has 2 aliphatic rings. The molecule has 2 fully saturated rings. The van der Waals surface area contributed by atoms with Gasteiger partial charge in [-0.15, -0.1) is 0 Å². The molecule has 4 atom stereocenters. The van der Waals surface area contributed by atoms with Gasteiger partial charge in [-0.05, 0) is 26.2 Å². The molecule has 1 saturated carbocycles. The second kappa shape index (κ2) is 4.85. The molecule has 4 N–H and O–H groups in total. The fourth-order valence-corrected chi connectivity index (χ4v) is 2.63. The molecule has 6 heteroatoms. The zero-order valence-corrected chi connectivity index (χ0v) is 10.5. The van der Waals surface area contributed by atoms with E-state index in [0.29, 0.717) is 6.42 Å².